The minimum absolute atomic E-state index is 0.828. The Morgan fingerprint density at radius 1 is 1.56 bits per heavy atom. The zero-order valence-electron chi connectivity index (χ0n) is 5.72. The average Bonchev–Trinajstić information content (AvgIpc) is 1.97. The fraction of sp³-hybridized carbons (Fsp3) is 0.714. The highest BCUT2D eigenvalue weighted by atomic mass is 32.2. The molecule has 0 aromatic carbocycles. The summed E-state index contributed by atoms with van der Waals surface area (Å²) >= 11 is 4.04. The van der Waals surface area contributed by atoms with E-state index in [0.717, 1.165) is 5.25 Å². The fourth-order valence-corrected chi connectivity index (χ4v) is 2.98. The van der Waals surface area contributed by atoms with E-state index in [4.69, 9.17) is 0 Å². The van der Waals surface area contributed by atoms with Crippen LogP contribution in [0.5, 0.6) is 0 Å². The van der Waals surface area contributed by atoms with Crippen molar-refractivity contribution in [1.29, 1.82) is 0 Å². The summed E-state index contributed by atoms with van der Waals surface area (Å²) in [6.45, 7) is 6.25. The summed E-state index contributed by atoms with van der Waals surface area (Å²) in [4.78, 5) is 0. The average molecular weight is 160 g/mol. The summed E-state index contributed by atoms with van der Waals surface area (Å²) in [5.41, 5.74) is 1.40. The van der Waals surface area contributed by atoms with Crippen LogP contribution in [0.4, 0.5) is 0 Å². The summed E-state index contributed by atoms with van der Waals surface area (Å²) in [5, 5.41) is 0.828. The van der Waals surface area contributed by atoms with Crippen molar-refractivity contribution < 1.29 is 0 Å². The van der Waals surface area contributed by atoms with Gasteiger partial charge in [0.1, 0.15) is 0 Å². The second-order valence-corrected chi connectivity index (χ2v) is 4.84. The molecular weight excluding hydrogens is 148 g/mol. The quantitative estimate of drug-likeness (QED) is 0.499. The largest absolute Gasteiger partial charge is 0.156 e. The first-order chi connectivity index (χ1) is 4.29. The Hall–Kier alpha value is 0.440. The van der Waals surface area contributed by atoms with Crippen LogP contribution < -0.4 is 0 Å². The van der Waals surface area contributed by atoms with Gasteiger partial charge in [-0.2, -0.15) is 23.5 Å². The SMILES string of the molecule is C=C1CSCC(C)SC1. The Balaban J connectivity index is 2.34. The molecule has 1 unspecified atom stereocenters. The first-order valence-electron chi connectivity index (χ1n) is 3.15. The molecule has 0 bridgehead atoms. The minimum Gasteiger partial charge on any atom is -0.156 e. The molecule has 0 aromatic rings. The topological polar surface area (TPSA) is 0 Å². The zero-order chi connectivity index (χ0) is 6.69. The maximum Gasteiger partial charge on any atom is 0.0151 e. The van der Waals surface area contributed by atoms with Crippen LogP contribution in [-0.2, 0) is 0 Å². The molecule has 1 heterocycles. The number of hydrogen-bond acceptors (Lipinski definition) is 2. The molecule has 1 atom stereocenters. The number of rotatable bonds is 0. The van der Waals surface area contributed by atoms with E-state index in [1.807, 2.05) is 23.5 Å². The predicted octanol–water partition coefficient (Wildman–Crippen LogP) is 2.41. The van der Waals surface area contributed by atoms with E-state index in [1.165, 1.54) is 22.8 Å². The standard InChI is InChI=1S/C7H12S2/c1-6-3-8-5-7(2)9-4-6/h7H,1,3-5H2,2H3. The van der Waals surface area contributed by atoms with Gasteiger partial charge in [0.15, 0.2) is 0 Å². The molecule has 52 valence electrons. The summed E-state index contributed by atoms with van der Waals surface area (Å²) < 4.78 is 0. The van der Waals surface area contributed by atoms with Crippen molar-refractivity contribution in [2.45, 2.75) is 12.2 Å². The van der Waals surface area contributed by atoms with Crippen molar-refractivity contribution in [2.75, 3.05) is 17.3 Å². The molecule has 1 rings (SSSR count). The Morgan fingerprint density at radius 2 is 2.33 bits per heavy atom. The van der Waals surface area contributed by atoms with E-state index >= 15 is 0 Å². The molecule has 0 N–H and O–H groups in total. The molecule has 9 heavy (non-hydrogen) atoms. The molecule has 0 nitrogen and oxygen atoms in total. The monoisotopic (exact) mass is 160 g/mol. The van der Waals surface area contributed by atoms with Crippen LogP contribution in [0.3, 0.4) is 0 Å². The van der Waals surface area contributed by atoms with Crippen molar-refractivity contribution in [1.82, 2.24) is 0 Å². The van der Waals surface area contributed by atoms with Crippen molar-refractivity contribution in [3.8, 4) is 0 Å². The van der Waals surface area contributed by atoms with E-state index in [0.29, 0.717) is 0 Å². The molecule has 1 aliphatic rings. The summed E-state index contributed by atoms with van der Waals surface area (Å²) in [7, 11) is 0. The first-order valence-corrected chi connectivity index (χ1v) is 5.35. The highest BCUT2D eigenvalue weighted by molar-refractivity contribution is 8.04. The van der Waals surface area contributed by atoms with E-state index in [9.17, 15) is 0 Å². The summed E-state index contributed by atoms with van der Waals surface area (Å²) in [6.07, 6.45) is 0. The summed E-state index contributed by atoms with van der Waals surface area (Å²) in [5.74, 6) is 3.65. The van der Waals surface area contributed by atoms with Crippen LogP contribution in [0.2, 0.25) is 0 Å². The molecule has 0 saturated carbocycles. The Kier molecular flexibility index (Phi) is 2.99. The van der Waals surface area contributed by atoms with Crippen LogP contribution in [0, 0.1) is 0 Å². The second-order valence-electron chi connectivity index (χ2n) is 2.39. The molecule has 0 aliphatic carbocycles. The number of thioether (sulfide) groups is 2. The molecule has 1 fully saturated rings. The molecular formula is C7H12S2. The maximum atomic E-state index is 3.97. The third-order valence-electron chi connectivity index (χ3n) is 1.23. The van der Waals surface area contributed by atoms with Crippen molar-refractivity contribution >= 4 is 23.5 Å². The number of hydrogen-bond donors (Lipinski definition) is 0. The van der Waals surface area contributed by atoms with Gasteiger partial charge in [0.2, 0.25) is 0 Å². The lowest BCUT2D eigenvalue weighted by Crippen LogP contribution is -1.96. The van der Waals surface area contributed by atoms with Crippen molar-refractivity contribution in [2.24, 2.45) is 0 Å². The van der Waals surface area contributed by atoms with E-state index in [2.05, 4.69) is 13.5 Å². The van der Waals surface area contributed by atoms with Crippen molar-refractivity contribution in [3.05, 3.63) is 12.2 Å². The predicted molar refractivity (Wildman–Crippen MR) is 48.4 cm³/mol. The van der Waals surface area contributed by atoms with Gasteiger partial charge in [-0.1, -0.05) is 19.1 Å². The first kappa shape index (κ1) is 7.55. The van der Waals surface area contributed by atoms with Gasteiger partial charge in [0.05, 0.1) is 0 Å². The highest BCUT2D eigenvalue weighted by Gasteiger charge is 2.08. The van der Waals surface area contributed by atoms with E-state index < -0.39 is 0 Å². The molecule has 2 heteroatoms. The Morgan fingerprint density at radius 3 is 3.11 bits per heavy atom. The minimum atomic E-state index is 0.828. The van der Waals surface area contributed by atoms with Crippen LogP contribution in [0.25, 0.3) is 0 Å². The zero-order valence-corrected chi connectivity index (χ0v) is 7.36. The lowest BCUT2D eigenvalue weighted by atomic mass is 10.4. The van der Waals surface area contributed by atoms with Crippen LogP contribution in [-0.4, -0.2) is 22.5 Å². The van der Waals surface area contributed by atoms with Gasteiger partial charge < -0.3 is 0 Å². The highest BCUT2D eigenvalue weighted by Crippen LogP contribution is 2.24. The molecule has 0 radical (unpaired) electrons. The van der Waals surface area contributed by atoms with E-state index in [-0.39, 0.29) is 0 Å². The molecule has 0 amide bonds. The van der Waals surface area contributed by atoms with Crippen LogP contribution in [0.1, 0.15) is 6.92 Å². The van der Waals surface area contributed by atoms with Gasteiger partial charge in [-0.05, 0) is 0 Å². The molecule has 1 saturated heterocycles. The summed E-state index contributed by atoms with van der Waals surface area (Å²) in [6, 6.07) is 0. The lowest BCUT2D eigenvalue weighted by molar-refractivity contribution is 1.14. The second kappa shape index (κ2) is 3.57. The Labute approximate surface area is 65.5 Å². The van der Waals surface area contributed by atoms with E-state index in [1.54, 1.807) is 0 Å². The lowest BCUT2D eigenvalue weighted by Gasteiger charge is -2.02. The maximum absolute atomic E-state index is 3.97. The van der Waals surface area contributed by atoms with Gasteiger partial charge in [-0.25, -0.2) is 0 Å². The third-order valence-corrected chi connectivity index (χ3v) is 4.10. The smallest absolute Gasteiger partial charge is 0.0151 e. The molecule has 1 aliphatic heterocycles. The van der Waals surface area contributed by atoms with Crippen molar-refractivity contribution in [3.63, 3.8) is 0 Å². The van der Waals surface area contributed by atoms with Gasteiger partial charge in [-0.3, -0.25) is 0 Å². The fourth-order valence-electron chi connectivity index (χ4n) is 0.719. The van der Waals surface area contributed by atoms with Gasteiger partial charge in [-0.15, -0.1) is 0 Å². The van der Waals surface area contributed by atoms with Crippen LogP contribution in [0.15, 0.2) is 12.2 Å². The normalized spacial score (nSPS) is 29.9. The van der Waals surface area contributed by atoms with Gasteiger partial charge >= 0.3 is 0 Å². The van der Waals surface area contributed by atoms with Gasteiger partial charge in [0.25, 0.3) is 0 Å². The molecule has 0 spiro atoms. The van der Waals surface area contributed by atoms with Crippen LogP contribution >= 0.6 is 23.5 Å². The third kappa shape index (κ3) is 2.67. The Bertz CT molecular complexity index is 109. The molecule has 0 aromatic heterocycles. The van der Waals surface area contributed by atoms with Gasteiger partial charge in [0, 0.05) is 22.5 Å².